The van der Waals surface area contributed by atoms with Gasteiger partial charge >= 0.3 is 0 Å². The lowest BCUT2D eigenvalue weighted by molar-refractivity contribution is -0.136. The maximum atomic E-state index is 12.1. The molecule has 0 bridgehead atoms. The Morgan fingerprint density at radius 3 is 2.44 bits per heavy atom. The molecule has 0 aromatic rings. The molecule has 1 heterocycles. The Labute approximate surface area is 110 Å². The van der Waals surface area contributed by atoms with Crippen molar-refractivity contribution in [1.29, 1.82) is 0 Å². The van der Waals surface area contributed by atoms with Gasteiger partial charge in [-0.25, -0.2) is 0 Å². The van der Waals surface area contributed by atoms with Crippen molar-refractivity contribution in [3.05, 3.63) is 0 Å². The van der Waals surface area contributed by atoms with Crippen molar-refractivity contribution in [2.75, 3.05) is 13.2 Å². The van der Waals surface area contributed by atoms with E-state index in [9.17, 15) is 9.90 Å². The molecule has 0 aromatic carbocycles. The van der Waals surface area contributed by atoms with E-state index in [0.717, 1.165) is 6.54 Å². The molecule has 1 aliphatic heterocycles. The van der Waals surface area contributed by atoms with E-state index in [2.05, 4.69) is 24.1 Å². The molecule has 0 spiro atoms. The molecule has 0 radical (unpaired) electrons. The summed E-state index contributed by atoms with van der Waals surface area (Å²) in [5.41, 5.74) is -0.185. The number of amides is 1. The van der Waals surface area contributed by atoms with E-state index in [-0.39, 0.29) is 24.1 Å². The van der Waals surface area contributed by atoms with E-state index in [1.165, 1.54) is 38.5 Å². The minimum atomic E-state index is -0.346. The Morgan fingerprint density at radius 1 is 1.28 bits per heavy atom. The molecule has 104 valence electrons. The fraction of sp³-hybridized carbons (Fsp3) is 0.929. The molecular weight excluding hydrogens is 228 g/mol. The molecule has 1 amide bonds. The van der Waals surface area contributed by atoms with Gasteiger partial charge in [-0.1, -0.05) is 25.7 Å². The molecule has 0 aromatic heterocycles. The van der Waals surface area contributed by atoms with Crippen molar-refractivity contribution in [1.82, 2.24) is 10.2 Å². The van der Waals surface area contributed by atoms with Crippen LogP contribution in [0.15, 0.2) is 0 Å². The first-order valence-corrected chi connectivity index (χ1v) is 7.22. The van der Waals surface area contributed by atoms with Gasteiger partial charge in [0.05, 0.1) is 6.61 Å². The van der Waals surface area contributed by atoms with Crippen LogP contribution in [0.2, 0.25) is 0 Å². The van der Waals surface area contributed by atoms with Gasteiger partial charge in [-0.15, -0.1) is 0 Å². The molecule has 1 aliphatic carbocycles. The van der Waals surface area contributed by atoms with Crippen LogP contribution in [-0.4, -0.2) is 46.7 Å². The first-order valence-electron chi connectivity index (χ1n) is 7.22. The van der Waals surface area contributed by atoms with Gasteiger partial charge in [0, 0.05) is 18.1 Å². The van der Waals surface area contributed by atoms with Gasteiger partial charge in [-0.05, 0) is 26.7 Å². The van der Waals surface area contributed by atoms with Gasteiger partial charge in [0.25, 0.3) is 0 Å². The Hall–Kier alpha value is -0.610. The number of hydrogen-bond acceptors (Lipinski definition) is 3. The van der Waals surface area contributed by atoms with E-state index < -0.39 is 0 Å². The van der Waals surface area contributed by atoms with Crippen molar-refractivity contribution < 1.29 is 9.90 Å². The number of piperazine rings is 1. The zero-order valence-corrected chi connectivity index (χ0v) is 11.6. The summed E-state index contributed by atoms with van der Waals surface area (Å²) in [6, 6.07) is 0.121. The van der Waals surface area contributed by atoms with Crippen LogP contribution >= 0.6 is 0 Å². The van der Waals surface area contributed by atoms with Gasteiger partial charge < -0.3 is 10.4 Å². The van der Waals surface area contributed by atoms with Crippen molar-refractivity contribution in [3.8, 4) is 0 Å². The summed E-state index contributed by atoms with van der Waals surface area (Å²) in [5, 5.41) is 12.5. The first-order chi connectivity index (χ1) is 8.53. The van der Waals surface area contributed by atoms with Crippen molar-refractivity contribution in [2.24, 2.45) is 0 Å². The van der Waals surface area contributed by atoms with Crippen LogP contribution in [0.4, 0.5) is 0 Å². The van der Waals surface area contributed by atoms with Crippen molar-refractivity contribution >= 4 is 5.91 Å². The van der Waals surface area contributed by atoms with Crippen LogP contribution < -0.4 is 5.32 Å². The van der Waals surface area contributed by atoms with Crippen molar-refractivity contribution in [3.63, 3.8) is 0 Å². The predicted molar refractivity (Wildman–Crippen MR) is 71.3 cm³/mol. The largest absolute Gasteiger partial charge is 0.394 e. The fourth-order valence-corrected chi connectivity index (χ4v) is 3.33. The van der Waals surface area contributed by atoms with E-state index in [1.807, 2.05) is 0 Å². The third-order valence-corrected chi connectivity index (χ3v) is 4.21. The highest BCUT2D eigenvalue weighted by Gasteiger charge is 2.40. The summed E-state index contributed by atoms with van der Waals surface area (Å²) in [5.74, 6) is -0.0157. The lowest BCUT2D eigenvalue weighted by atomic mass is 9.94. The molecule has 2 fully saturated rings. The summed E-state index contributed by atoms with van der Waals surface area (Å²) in [6.07, 6.45) is 7.45. The summed E-state index contributed by atoms with van der Waals surface area (Å²) in [7, 11) is 0. The number of nitrogens with one attached hydrogen (secondary N) is 1. The van der Waals surface area contributed by atoms with E-state index in [4.69, 9.17) is 0 Å². The maximum absolute atomic E-state index is 12.1. The number of rotatable bonds is 2. The van der Waals surface area contributed by atoms with Gasteiger partial charge in [0.2, 0.25) is 5.91 Å². The lowest BCUT2D eigenvalue weighted by Crippen LogP contribution is -2.67. The van der Waals surface area contributed by atoms with E-state index in [1.54, 1.807) is 0 Å². The quantitative estimate of drug-likeness (QED) is 0.730. The van der Waals surface area contributed by atoms with E-state index in [0.29, 0.717) is 6.04 Å². The number of aliphatic hydroxyl groups is 1. The summed E-state index contributed by atoms with van der Waals surface area (Å²) < 4.78 is 0. The second-order valence-corrected chi connectivity index (χ2v) is 6.39. The molecule has 2 N–H and O–H groups in total. The number of nitrogens with zero attached hydrogens (tertiary/aromatic N) is 1. The highest BCUT2D eigenvalue weighted by molar-refractivity contribution is 5.83. The number of carbonyl (C=O) groups is 1. The smallest absolute Gasteiger partial charge is 0.240 e. The number of carbonyl (C=O) groups excluding carboxylic acids is 1. The standard InChI is InChI=1S/C14H26N2O2/c1-14(2)10-16(12(9-17)13(18)15-14)11-7-5-3-4-6-8-11/h11-12,17H,3-10H2,1-2H3,(H,15,18). The number of aliphatic hydroxyl groups excluding tert-OH is 1. The minimum absolute atomic E-state index is 0.0157. The fourth-order valence-electron chi connectivity index (χ4n) is 3.33. The van der Waals surface area contributed by atoms with Crippen LogP contribution in [-0.2, 0) is 4.79 Å². The Balaban J connectivity index is 2.12. The predicted octanol–water partition coefficient (Wildman–Crippen LogP) is 1.28. The molecule has 18 heavy (non-hydrogen) atoms. The zero-order valence-electron chi connectivity index (χ0n) is 11.6. The monoisotopic (exact) mass is 254 g/mol. The zero-order chi connectivity index (χ0) is 13.2. The summed E-state index contributed by atoms with van der Waals surface area (Å²) in [4.78, 5) is 14.3. The topological polar surface area (TPSA) is 52.6 Å². The van der Waals surface area contributed by atoms with Crippen LogP contribution in [0.3, 0.4) is 0 Å². The lowest BCUT2D eigenvalue weighted by Gasteiger charge is -2.46. The average Bonchev–Trinajstić information content (AvgIpc) is 2.55. The Bertz CT molecular complexity index is 296. The second kappa shape index (κ2) is 5.57. The van der Waals surface area contributed by atoms with Crippen LogP contribution in [0, 0.1) is 0 Å². The van der Waals surface area contributed by atoms with Gasteiger partial charge in [-0.2, -0.15) is 0 Å². The Morgan fingerprint density at radius 2 is 1.89 bits per heavy atom. The van der Waals surface area contributed by atoms with E-state index >= 15 is 0 Å². The Kier molecular flexibility index (Phi) is 4.28. The molecule has 1 unspecified atom stereocenters. The highest BCUT2D eigenvalue weighted by atomic mass is 16.3. The number of hydrogen-bond donors (Lipinski definition) is 2. The third-order valence-electron chi connectivity index (χ3n) is 4.21. The molecule has 1 saturated heterocycles. The molecule has 4 nitrogen and oxygen atoms in total. The SMILES string of the molecule is CC1(C)CN(C2CCCCCC2)C(CO)C(=O)N1. The van der Waals surface area contributed by atoms with Crippen molar-refractivity contribution in [2.45, 2.75) is 70.0 Å². The van der Waals surface area contributed by atoms with Crippen LogP contribution in [0.1, 0.15) is 52.4 Å². The normalized spacial score (nSPS) is 30.8. The molecule has 4 heteroatoms. The van der Waals surface area contributed by atoms with Gasteiger partial charge in [-0.3, -0.25) is 9.69 Å². The molecule has 1 saturated carbocycles. The van der Waals surface area contributed by atoms with Gasteiger partial charge in [0.15, 0.2) is 0 Å². The first kappa shape index (κ1) is 13.8. The maximum Gasteiger partial charge on any atom is 0.240 e. The molecule has 1 atom stereocenters. The summed E-state index contributed by atoms with van der Waals surface area (Å²) in [6.45, 7) is 4.89. The van der Waals surface area contributed by atoms with Gasteiger partial charge in [0.1, 0.15) is 6.04 Å². The molecule has 2 rings (SSSR count). The average molecular weight is 254 g/mol. The highest BCUT2D eigenvalue weighted by Crippen LogP contribution is 2.27. The molecule has 2 aliphatic rings. The van der Waals surface area contributed by atoms with Crippen LogP contribution in [0.5, 0.6) is 0 Å². The molecular formula is C14H26N2O2. The van der Waals surface area contributed by atoms with Crippen LogP contribution in [0.25, 0.3) is 0 Å². The third kappa shape index (κ3) is 3.04. The summed E-state index contributed by atoms with van der Waals surface area (Å²) >= 11 is 0. The second-order valence-electron chi connectivity index (χ2n) is 6.39. The minimum Gasteiger partial charge on any atom is -0.394 e.